The van der Waals surface area contributed by atoms with E-state index in [2.05, 4.69) is 23.9 Å². The van der Waals surface area contributed by atoms with Crippen LogP contribution in [0.5, 0.6) is 0 Å². The second-order valence-electron chi connectivity index (χ2n) is 3.96. The number of hydrogen-bond acceptors (Lipinski definition) is 3. The van der Waals surface area contributed by atoms with Crippen LogP contribution >= 0.6 is 0 Å². The number of aromatic nitrogens is 3. The molecule has 0 amide bonds. The minimum atomic E-state index is -0.217. The zero-order chi connectivity index (χ0) is 10.6. The van der Waals surface area contributed by atoms with Crippen LogP contribution < -0.4 is 0 Å². The van der Waals surface area contributed by atoms with Gasteiger partial charge in [0.05, 0.1) is 6.10 Å². The van der Waals surface area contributed by atoms with Crippen LogP contribution in [-0.2, 0) is 6.42 Å². The number of aliphatic hydroxyl groups excluding tert-OH is 1. The first-order valence-corrected chi connectivity index (χ1v) is 5.17. The molecule has 4 heteroatoms. The molecule has 1 aromatic heterocycles. The van der Waals surface area contributed by atoms with Gasteiger partial charge in [0.25, 0.3) is 0 Å². The lowest BCUT2D eigenvalue weighted by Crippen LogP contribution is -2.09. The predicted molar refractivity (Wildman–Crippen MR) is 55.0 cm³/mol. The van der Waals surface area contributed by atoms with E-state index < -0.39 is 0 Å². The van der Waals surface area contributed by atoms with E-state index in [-0.39, 0.29) is 6.10 Å². The first-order valence-electron chi connectivity index (χ1n) is 5.17. The molecule has 0 radical (unpaired) electrons. The van der Waals surface area contributed by atoms with Gasteiger partial charge in [0.15, 0.2) is 0 Å². The van der Waals surface area contributed by atoms with Gasteiger partial charge in [-0.25, -0.2) is 9.67 Å². The topological polar surface area (TPSA) is 50.9 Å². The molecule has 0 saturated heterocycles. The maximum Gasteiger partial charge on any atom is 0.138 e. The van der Waals surface area contributed by atoms with Gasteiger partial charge in [0.2, 0.25) is 0 Å². The second-order valence-corrected chi connectivity index (χ2v) is 3.96. The average Bonchev–Trinajstić information content (AvgIpc) is 2.51. The molecular weight excluding hydrogens is 178 g/mol. The van der Waals surface area contributed by atoms with Crippen LogP contribution in [0, 0.1) is 0 Å². The fourth-order valence-corrected chi connectivity index (χ4v) is 1.44. The molecule has 80 valence electrons. The third kappa shape index (κ3) is 3.10. The maximum absolute atomic E-state index is 9.12. The molecule has 1 unspecified atom stereocenters. The lowest BCUT2D eigenvalue weighted by Gasteiger charge is -2.09. The molecule has 4 nitrogen and oxygen atoms in total. The van der Waals surface area contributed by atoms with E-state index in [4.69, 9.17) is 5.11 Å². The molecule has 1 aromatic rings. The summed E-state index contributed by atoms with van der Waals surface area (Å²) in [5.74, 6) is 1.01. The maximum atomic E-state index is 9.12. The Balaban J connectivity index is 2.46. The van der Waals surface area contributed by atoms with E-state index >= 15 is 0 Å². The summed E-state index contributed by atoms with van der Waals surface area (Å²) in [5.41, 5.74) is 0. The Hall–Kier alpha value is -0.900. The molecular formula is C10H19N3O. The third-order valence-electron chi connectivity index (χ3n) is 2.16. The van der Waals surface area contributed by atoms with Gasteiger partial charge >= 0.3 is 0 Å². The van der Waals surface area contributed by atoms with Crippen molar-refractivity contribution in [2.45, 2.75) is 52.2 Å². The Labute approximate surface area is 85.0 Å². The van der Waals surface area contributed by atoms with Gasteiger partial charge in [-0.3, -0.25) is 0 Å². The number of hydrogen-bond donors (Lipinski definition) is 1. The van der Waals surface area contributed by atoms with Crippen LogP contribution in [0.2, 0.25) is 0 Å². The highest BCUT2D eigenvalue weighted by Crippen LogP contribution is 2.08. The third-order valence-corrected chi connectivity index (χ3v) is 2.16. The largest absolute Gasteiger partial charge is 0.393 e. The Bertz CT molecular complexity index is 268. The summed E-state index contributed by atoms with van der Waals surface area (Å²) in [6, 6.07) is 0.360. The second kappa shape index (κ2) is 5.10. The number of aryl methyl sites for hydroxylation is 1. The van der Waals surface area contributed by atoms with Crippen molar-refractivity contribution in [2.75, 3.05) is 0 Å². The van der Waals surface area contributed by atoms with Crippen LogP contribution in [0.25, 0.3) is 0 Å². The van der Waals surface area contributed by atoms with E-state index in [1.54, 1.807) is 6.33 Å². The van der Waals surface area contributed by atoms with E-state index in [1.165, 1.54) is 0 Å². The standard InChI is InChI=1S/C10H19N3O/c1-8(2)13-10(11-7-12-13)6-4-5-9(3)14/h7-9,14H,4-6H2,1-3H3. The zero-order valence-corrected chi connectivity index (χ0v) is 9.14. The molecule has 14 heavy (non-hydrogen) atoms. The van der Waals surface area contributed by atoms with Crippen LogP contribution in [0.4, 0.5) is 0 Å². The van der Waals surface area contributed by atoms with Crippen molar-refractivity contribution >= 4 is 0 Å². The molecule has 1 atom stereocenters. The van der Waals surface area contributed by atoms with Gasteiger partial charge in [-0.2, -0.15) is 5.10 Å². The smallest absolute Gasteiger partial charge is 0.138 e. The van der Waals surface area contributed by atoms with E-state index in [0.717, 1.165) is 25.1 Å². The highest BCUT2D eigenvalue weighted by atomic mass is 16.3. The van der Waals surface area contributed by atoms with Gasteiger partial charge in [-0.1, -0.05) is 0 Å². The van der Waals surface area contributed by atoms with Crippen molar-refractivity contribution in [2.24, 2.45) is 0 Å². The van der Waals surface area contributed by atoms with Gasteiger partial charge in [0.1, 0.15) is 12.2 Å². The molecule has 1 rings (SSSR count). The average molecular weight is 197 g/mol. The molecule has 1 heterocycles. The van der Waals surface area contributed by atoms with E-state index in [1.807, 2.05) is 11.6 Å². The van der Waals surface area contributed by atoms with Gasteiger partial charge in [0, 0.05) is 12.5 Å². The minimum absolute atomic E-state index is 0.217. The summed E-state index contributed by atoms with van der Waals surface area (Å²) in [6.07, 6.45) is 4.06. The van der Waals surface area contributed by atoms with Crippen molar-refractivity contribution in [1.29, 1.82) is 0 Å². The SMILES string of the molecule is CC(O)CCCc1ncnn1C(C)C. The summed E-state index contributed by atoms with van der Waals surface area (Å²) < 4.78 is 1.93. The quantitative estimate of drug-likeness (QED) is 0.779. The fourth-order valence-electron chi connectivity index (χ4n) is 1.44. The summed E-state index contributed by atoms with van der Waals surface area (Å²) in [7, 11) is 0. The predicted octanol–water partition coefficient (Wildman–Crippen LogP) is 1.56. The van der Waals surface area contributed by atoms with Crippen molar-refractivity contribution < 1.29 is 5.11 Å². The minimum Gasteiger partial charge on any atom is -0.393 e. The van der Waals surface area contributed by atoms with E-state index in [0.29, 0.717) is 6.04 Å². The molecule has 0 spiro atoms. The Morgan fingerprint density at radius 3 is 2.71 bits per heavy atom. The summed E-state index contributed by atoms with van der Waals surface area (Å²) >= 11 is 0. The van der Waals surface area contributed by atoms with Crippen LogP contribution in [0.15, 0.2) is 6.33 Å². The highest BCUT2D eigenvalue weighted by molar-refractivity contribution is 4.86. The van der Waals surface area contributed by atoms with Crippen molar-refractivity contribution in [3.8, 4) is 0 Å². The molecule has 1 N–H and O–H groups in total. The highest BCUT2D eigenvalue weighted by Gasteiger charge is 2.07. The van der Waals surface area contributed by atoms with Crippen molar-refractivity contribution in [3.63, 3.8) is 0 Å². The summed E-state index contributed by atoms with van der Waals surface area (Å²) in [4.78, 5) is 4.20. The fraction of sp³-hybridized carbons (Fsp3) is 0.800. The molecule has 0 bridgehead atoms. The summed E-state index contributed by atoms with van der Waals surface area (Å²) in [6.45, 7) is 5.99. The first-order chi connectivity index (χ1) is 6.61. The molecule has 0 aromatic carbocycles. The van der Waals surface area contributed by atoms with Crippen molar-refractivity contribution in [3.05, 3.63) is 12.2 Å². The summed E-state index contributed by atoms with van der Waals surface area (Å²) in [5, 5.41) is 13.3. The van der Waals surface area contributed by atoms with Gasteiger partial charge in [-0.15, -0.1) is 0 Å². The number of rotatable bonds is 5. The Kier molecular flexibility index (Phi) is 4.07. The lowest BCUT2D eigenvalue weighted by molar-refractivity contribution is 0.181. The monoisotopic (exact) mass is 197 g/mol. The van der Waals surface area contributed by atoms with Crippen LogP contribution in [-0.4, -0.2) is 26.0 Å². The van der Waals surface area contributed by atoms with Gasteiger partial charge in [-0.05, 0) is 33.6 Å². The van der Waals surface area contributed by atoms with Crippen LogP contribution in [0.1, 0.15) is 45.5 Å². The van der Waals surface area contributed by atoms with Crippen molar-refractivity contribution in [1.82, 2.24) is 14.8 Å². The lowest BCUT2D eigenvalue weighted by atomic mass is 10.1. The first kappa shape index (κ1) is 11.2. The van der Waals surface area contributed by atoms with Crippen LogP contribution in [0.3, 0.4) is 0 Å². The number of aliphatic hydroxyl groups is 1. The molecule has 0 fully saturated rings. The zero-order valence-electron chi connectivity index (χ0n) is 9.14. The molecule has 0 aliphatic carbocycles. The Morgan fingerprint density at radius 1 is 1.43 bits per heavy atom. The molecule has 0 aliphatic rings. The molecule has 0 aliphatic heterocycles. The normalized spacial score (nSPS) is 13.5. The van der Waals surface area contributed by atoms with Gasteiger partial charge < -0.3 is 5.11 Å². The van der Waals surface area contributed by atoms with E-state index in [9.17, 15) is 0 Å². The number of nitrogens with zero attached hydrogens (tertiary/aromatic N) is 3. The Morgan fingerprint density at radius 2 is 2.14 bits per heavy atom. The molecule has 0 saturated carbocycles.